The third-order valence-electron chi connectivity index (χ3n) is 5.93. The Kier molecular flexibility index (Phi) is 8.83. The predicted octanol–water partition coefficient (Wildman–Crippen LogP) is 3.37. The van der Waals surface area contributed by atoms with Crippen LogP contribution in [0.2, 0.25) is 10.0 Å². The van der Waals surface area contributed by atoms with Gasteiger partial charge >= 0.3 is 11.7 Å². The molecule has 1 heterocycles. The van der Waals surface area contributed by atoms with Gasteiger partial charge in [-0.2, -0.15) is 0 Å². The molecule has 2 aromatic carbocycles. The number of hydrogen-bond acceptors (Lipinski definition) is 6. The van der Waals surface area contributed by atoms with E-state index in [1.807, 2.05) is 6.92 Å². The summed E-state index contributed by atoms with van der Waals surface area (Å²) in [4.78, 5) is 50.6. The first-order chi connectivity index (χ1) is 17.5. The molecule has 0 spiro atoms. The van der Waals surface area contributed by atoms with E-state index in [4.69, 9.17) is 27.9 Å². The van der Waals surface area contributed by atoms with Gasteiger partial charge in [0.2, 0.25) is 0 Å². The van der Waals surface area contributed by atoms with Gasteiger partial charge in [0, 0.05) is 26.2 Å². The SMILES string of the molecule is CCCOC(=O)[C@H](Cc1ccc(-c2c(C)n(C)c(=O)n(C)c2=O)cc1)NC(=O)c1c(Cl)cc(O)cc1Cl. The van der Waals surface area contributed by atoms with Crippen LogP contribution in [0.4, 0.5) is 0 Å². The lowest BCUT2D eigenvalue weighted by atomic mass is 10.00. The number of halogens is 2. The number of nitrogens with zero attached hydrogens (tertiary/aromatic N) is 2. The Balaban J connectivity index is 1.91. The van der Waals surface area contributed by atoms with Gasteiger partial charge in [-0.25, -0.2) is 9.59 Å². The molecular weight excluding hydrogens is 521 g/mol. The molecule has 0 saturated carbocycles. The molecule has 11 heteroatoms. The Morgan fingerprint density at radius 3 is 2.22 bits per heavy atom. The van der Waals surface area contributed by atoms with Crippen molar-refractivity contribution in [1.29, 1.82) is 0 Å². The third kappa shape index (κ3) is 6.06. The first-order valence-corrected chi connectivity index (χ1v) is 12.2. The van der Waals surface area contributed by atoms with Crippen LogP contribution < -0.4 is 16.6 Å². The molecule has 0 bridgehead atoms. The van der Waals surface area contributed by atoms with Crippen molar-refractivity contribution in [3.05, 3.63) is 84.1 Å². The number of hydrogen-bond donors (Lipinski definition) is 2. The summed E-state index contributed by atoms with van der Waals surface area (Å²) in [6.45, 7) is 3.72. The van der Waals surface area contributed by atoms with E-state index in [0.29, 0.717) is 28.8 Å². The fourth-order valence-electron chi connectivity index (χ4n) is 3.82. The van der Waals surface area contributed by atoms with Crippen LogP contribution in [-0.4, -0.2) is 38.8 Å². The number of nitrogens with one attached hydrogen (secondary N) is 1. The Morgan fingerprint density at radius 2 is 1.65 bits per heavy atom. The summed E-state index contributed by atoms with van der Waals surface area (Å²) in [6.07, 6.45) is 0.691. The van der Waals surface area contributed by atoms with E-state index in [0.717, 1.165) is 4.57 Å². The second kappa shape index (κ2) is 11.7. The number of ether oxygens (including phenoxy) is 1. The number of esters is 1. The highest BCUT2D eigenvalue weighted by atomic mass is 35.5. The van der Waals surface area contributed by atoms with Gasteiger partial charge in [-0.3, -0.25) is 14.2 Å². The Bertz CT molecular complexity index is 1440. The largest absolute Gasteiger partial charge is 0.508 e. The second-order valence-corrected chi connectivity index (χ2v) is 9.36. The van der Waals surface area contributed by atoms with E-state index in [-0.39, 0.29) is 34.4 Å². The van der Waals surface area contributed by atoms with Crippen LogP contribution in [0.3, 0.4) is 0 Å². The van der Waals surface area contributed by atoms with Crippen molar-refractivity contribution in [3.63, 3.8) is 0 Å². The van der Waals surface area contributed by atoms with Crippen molar-refractivity contribution in [2.45, 2.75) is 32.7 Å². The molecule has 3 aromatic rings. The van der Waals surface area contributed by atoms with Crippen molar-refractivity contribution in [2.24, 2.45) is 14.1 Å². The summed E-state index contributed by atoms with van der Waals surface area (Å²) in [5.41, 5.74) is 1.30. The number of carbonyl (C=O) groups is 2. The predicted molar refractivity (Wildman–Crippen MR) is 141 cm³/mol. The molecule has 0 radical (unpaired) electrons. The van der Waals surface area contributed by atoms with Gasteiger partial charge in [-0.15, -0.1) is 0 Å². The minimum atomic E-state index is -1.06. The molecule has 0 aliphatic rings. The summed E-state index contributed by atoms with van der Waals surface area (Å²) >= 11 is 12.2. The van der Waals surface area contributed by atoms with Crippen LogP contribution in [0.5, 0.6) is 5.75 Å². The zero-order valence-electron chi connectivity index (χ0n) is 20.8. The summed E-state index contributed by atoms with van der Waals surface area (Å²) in [6, 6.07) is 8.19. The van der Waals surface area contributed by atoms with Gasteiger partial charge in [-0.1, -0.05) is 54.4 Å². The highest BCUT2D eigenvalue weighted by molar-refractivity contribution is 6.40. The first-order valence-electron chi connectivity index (χ1n) is 11.5. The number of benzene rings is 2. The summed E-state index contributed by atoms with van der Waals surface area (Å²) in [5.74, 6) is -1.53. The maximum Gasteiger partial charge on any atom is 0.330 e. The third-order valence-corrected chi connectivity index (χ3v) is 6.53. The Morgan fingerprint density at radius 1 is 1.05 bits per heavy atom. The van der Waals surface area contributed by atoms with Gasteiger partial charge in [0.15, 0.2) is 0 Å². The average molecular weight is 548 g/mol. The number of aromatic nitrogens is 2. The number of phenolic OH excluding ortho intramolecular Hbond substituents is 1. The molecule has 0 unspecified atom stereocenters. The molecule has 2 N–H and O–H groups in total. The molecule has 0 aliphatic heterocycles. The zero-order chi connectivity index (χ0) is 27.4. The van der Waals surface area contributed by atoms with Crippen molar-refractivity contribution in [2.75, 3.05) is 6.61 Å². The van der Waals surface area contributed by atoms with Crippen LogP contribution in [0, 0.1) is 6.92 Å². The van der Waals surface area contributed by atoms with E-state index in [2.05, 4.69) is 5.32 Å². The van der Waals surface area contributed by atoms with E-state index >= 15 is 0 Å². The lowest BCUT2D eigenvalue weighted by Gasteiger charge is -2.19. The molecule has 37 heavy (non-hydrogen) atoms. The number of rotatable bonds is 8. The number of aromatic hydroxyl groups is 1. The Hall–Kier alpha value is -3.56. The molecule has 3 rings (SSSR count). The molecule has 0 saturated heterocycles. The minimum absolute atomic E-state index is 0.0678. The van der Waals surface area contributed by atoms with Gasteiger partial charge in [0.05, 0.1) is 27.8 Å². The van der Waals surface area contributed by atoms with Crippen LogP contribution in [0.25, 0.3) is 11.1 Å². The monoisotopic (exact) mass is 547 g/mol. The maximum absolute atomic E-state index is 12.9. The fourth-order valence-corrected chi connectivity index (χ4v) is 4.47. The average Bonchev–Trinajstić information content (AvgIpc) is 2.84. The molecule has 0 fully saturated rings. The van der Waals surface area contributed by atoms with Crippen LogP contribution in [0.1, 0.15) is 35.0 Å². The number of carbonyl (C=O) groups excluding carboxylic acids is 2. The van der Waals surface area contributed by atoms with Gasteiger partial charge in [0.1, 0.15) is 11.8 Å². The highest BCUT2D eigenvalue weighted by Gasteiger charge is 2.26. The van der Waals surface area contributed by atoms with Crippen LogP contribution in [0.15, 0.2) is 46.0 Å². The lowest BCUT2D eigenvalue weighted by molar-refractivity contribution is -0.145. The standard InChI is InChI=1S/C26H27Cl2N3O6/c1-5-10-37-25(35)20(29-23(33)22-18(27)12-17(32)13-19(22)28)11-15-6-8-16(9-7-15)21-14(2)30(3)26(36)31(4)24(21)34/h6-9,12-13,20,32H,5,10-11H2,1-4H3,(H,29,33)/t20-/m0/s1. The first kappa shape index (κ1) is 28.0. The second-order valence-electron chi connectivity index (χ2n) is 8.55. The van der Waals surface area contributed by atoms with Crippen molar-refractivity contribution in [3.8, 4) is 16.9 Å². The van der Waals surface area contributed by atoms with Crippen molar-refractivity contribution < 1.29 is 19.4 Å². The summed E-state index contributed by atoms with van der Waals surface area (Å²) in [5, 5.41) is 12.1. The summed E-state index contributed by atoms with van der Waals surface area (Å²) in [7, 11) is 3.01. The van der Waals surface area contributed by atoms with E-state index in [9.17, 15) is 24.3 Å². The van der Waals surface area contributed by atoms with Crippen LogP contribution in [-0.2, 0) is 30.0 Å². The van der Waals surface area contributed by atoms with E-state index in [1.54, 1.807) is 38.2 Å². The van der Waals surface area contributed by atoms with Crippen molar-refractivity contribution >= 4 is 35.1 Å². The molecule has 0 aliphatic carbocycles. The van der Waals surface area contributed by atoms with Crippen LogP contribution >= 0.6 is 23.2 Å². The normalized spacial score (nSPS) is 11.7. The molecule has 196 valence electrons. The maximum atomic E-state index is 12.9. The fraction of sp³-hybridized carbons (Fsp3) is 0.308. The molecule has 1 amide bonds. The quantitative estimate of drug-likeness (QED) is 0.417. The number of phenols is 1. The smallest absolute Gasteiger partial charge is 0.330 e. The van der Waals surface area contributed by atoms with E-state index in [1.165, 1.54) is 23.7 Å². The highest BCUT2D eigenvalue weighted by Crippen LogP contribution is 2.29. The minimum Gasteiger partial charge on any atom is -0.508 e. The number of amides is 1. The lowest BCUT2D eigenvalue weighted by Crippen LogP contribution is -2.43. The molecule has 1 atom stereocenters. The zero-order valence-corrected chi connectivity index (χ0v) is 22.3. The van der Waals surface area contributed by atoms with Crippen molar-refractivity contribution in [1.82, 2.24) is 14.5 Å². The topological polar surface area (TPSA) is 120 Å². The van der Waals surface area contributed by atoms with Gasteiger partial charge < -0.3 is 19.7 Å². The summed E-state index contributed by atoms with van der Waals surface area (Å²) < 4.78 is 7.72. The van der Waals surface area contributed by atoms with Gasteiger partial charge in [0.25, 0.3) is 11.5 Å². The molecule has 9 nitrogen and oxygen atoms in total. The molecular formula is C26H27Cl2N3O6. The van der Waals surface area contributed by atoms with E-state index < -0.39 is 29.2 Å². The molecule has 1 aromatic heterocycles. The van der Waals surface area contributed by atoms with Gasteiger partial charge in [-0.05, 0) is 36.6 Å². The Labute approximate surface area is 223 Å².